The van der Waals surface area contributed by atoms with E-state index < -0.39 is 0 Å². The van der Waals surface area contributed by atoms with E-state index in [-0.39, 0.29) is 11.4 Å². The summed E-state index contributed by atoms with van der Waals surface area (Å²) in [4.78, 5) is 23.3. The lowest BCUT2D eigenvalue weighted by atomic mass is 10.4. The number of alkyl halides is 1. The number of hydrogen-bond acceptors (Lipinski definition) is 2. The molecule has 0 unspecified atom stereocenters. The van der Waals surface area contributed by atoms with E-state index in [9.17, 15) is 9.59 Å². The molecule has 1 aromatic rings. The molecular formula is C8H10BrN3O2. The van der Waals surface area contributed by atoms with E-state index in [1.807, 2.05) is 12.2 Å². The molecule has 1 aliphatic heterocycles. The van der Waals surface area contributed by atoms with E-state index in [0.717, 1.165) is 0 Å². The van der Waals surface area contributed by atoms with Gasteiger partial charge in [-0.3, -0.25) is 0 Å². The summed E-state index contributed by atoms with van der Waals surface area (Å²) < 4.78 is 4.18. The molecule has 5 nitrogen and oxygen atoms in total. The monoisotopic (exact) mass is 259 g/mol. The number of halogens is 1. The zero-order chi connectivity index (χ0) is 10.1. The minimum atomic E-state index is -0.223. The number of nitrogens with zero attached hydrogens (tertiary/aromatic N) is 3. The summed E-state index contributed by atoms with van der Waals surface area (Å²) in [6, 6.07) is 0. The van der Waals surface area contributed by atoms with Gasteiger partial charge in [0.2, 0.25) is 0 Å². The molecular weight excluding hydrogens is 250 g/mol. The molecule has 14 heavy (non-hydrogen) atoms. The highest BCUT2D eigenvalue weighted by Crippen LogP contribution is 1.93. The Kier molecular flexibility index (Phi) is 2.45. The average Bonchev–Trinajstić information content (AvgIpc) is 2.45. The standard InChI is InChI=1S/C8H10BrN3O2/c9-3-6-10-7(13)11-4-1-2-5-12(11)8(10)14/h1-2H,3-6H2. The van der Waals surface area contributed by atoms with E-state index >= 15 is 0 Å². The molecule has 2 rings (SSSR count). The zero-order valence-corrected chi connectivity index (χ0v) is 9.11. The fourth-order valence-corrected chi connectivity index (χ4v) is 1.90. The SMILES string of the molecule is O=c1n(CCBr)c(=O)n2n1CC=CC2. The van der Waals surface area contributed by atoms with E-state index in [1.54, 1.807) is 0 Å². The van der Waals surface area contributed by atoms with Crippen molar-refractivity contribution in [3.63, 3.8) is 0 Å². The molecule has 0 radical (unpaired) electrons. The van der Waals surface area contributed by atoms with Crippen molar-refractivity contribution in [2.75, 3.05) is 5.33 Å². The van der Waals surface area contributed by atoms with Gasteiger partial charge in [0.15, 0.2) is 0 Å². The molecule has 1 aliphatic rings. The summed E-state index contributed by atoms with van der Waals surface area (Å²) in [6.45, 7) is 1.40. The minimum absolute atomic E-state index is 0.223. The lowest BCUT2D eigenvalue weighted by Gasteiger charge is -2.08. The van der Waals surface area contributed by atoms with E-state index in [0.29, 0.717) is 25.0 Å². The van der Waals surface area contributed by atoms with Crippen LogP contribution in [0.1, 0.15) is 0 Å². The van der Waals surface area contributed by atoms with E-state index in [4.69, 9.17) is 0 Å². The molecule has 0 aliphatic carbocycles. The van der Waals surface area contributed by atoms with Crippen LogP contribution in [0.4, 0.5) is 0 Å². The minimum Gasteiger partial charge on any atom is -0.246 e. The second-order valence-corrected chi connectivity index (χ2v) is 3.83. The largest absolute Gasteiger partial charge is 0.347 e. The second-order valence-electron chi connectivity index (χ2n) is 3.04. The molecule has 0 fully saturated rings. The van der Waals surface area contributed by atoms with Gasteiger partial charge < -0.3 is 0 Å². The number of allylic oxidation sites excluding steroid dienone is 2. The fourth-order valence-electron chi connectivity index (χ4n) is 1.54. The first-order valence-corrected chi connectivity index (χ1v) is 5.49. The van der Waals surface area contributed by atoms with Crippen LogP contribution < -0.4 is 11.4 Å². The molecule has 6 heteroatoms. The van der Waals surface area contributed by atoms with Crippen LogP contribution in [0, 0.1) is 0 Å². The van der Waals surface area contributed by atoms with Crippen LogP contribution in [0.2, 0.25) is 0 Å². The fraction of sp³-hybridized carbons (Fsp3) is 0.500. The van der Waals surface area contributed by atoms with Crippen molar-refractivity contribution >= 4 is 15.9 Å². The van der Waals surface area contributed by atoms with Gasteiger partial charge in [-0.05, 0) is 0 Å². The second kappa shape index (κ2) is 3.61. The third-order valence-corrected chi connectivity index (χ3v) is 2.58. The van der Waals surface area contributed by atoms with Crippen LogP contribution in [0.15, 0.2) is 21.7 Å². The number of fused-ring (bicyclic) bond motifs is 1. The quantitative estimate of drug-likeness (QED) is 0.545. The van der Waals surface area contributed by atoms with Gasteiger partial charge in [-0.25, -0.2) is 23.5 Å². The zero-order valence-electron chi connectivity index (χ0n) is 7.52. The lowest BCUT2D eigenvalue weighted by molar-refractivity contribution is 0.482. The number of aromatic nitrogens is 3. The smallest absolute Gasteiger partial charge is 0.246 e. The summed E-state index contributed by atoms with van der Waals surface area (Å²) in [7, 11) is 0. The van der Waals surface area contributed by atoms with Crippen molar-refractivity contribution in [2.24, 2.45) is 0 Å². The van der Waals surface area contributed by atoms with Gasteiger partial charge in [0.05, 0.1) is 13.1 Å². The maximum absolute atomic E-state index is 11.7. The molecule has 0 atom stereocenters. The van der Waals surface area contributed by atoms with Crippen molar-refractivity contribution < 1.29 is 0 Å². The van der Waals surface area contributed by atoms with Gasteiger partial charge in [0.1, 0.15) is 0 Å². The van der Waals surface area contributed by atoms with Crippen molar-refractivity contribution in [1.29, 1.82) is 0 Å². The Morgan fingerprint density at radius 3 is 2.07 bits per heavy atom. The van der Waals surface area contributed by atoms with Crippen LogP contribution >= 0.6 is 15.9 Å². The van der Waals surface area contributed by atoms with Crippen molar-refractivity contribution in [1.82, 2.24) is 13.9 Å². The highest BCUT2D eigenvalue weighted by Gasteiger charge is 2.14. The molecule has 0 spiro atoms. The predicted octanol–water partition coefficient (Wildman–Crippen LogP) is -0.224. The Bertz CT molecular complexity index is 440. The van der Waals surface area contributed by atoms with Gasteiger partial charge in [-0.1, -0.05) is 28.1 Å². The average molecular weight is 260 g/mol. The van der Waals surface area contributed by atoms with Crippen molar-refractivity contribution in [3.05, 3.63) is 33.1 Å². The summed E-state index contributed by atoms with van der Waals surface area (Å²) in [5.41, 5.74) is -0.447. The summed E-state index contributed by atoms with van der Waals surface area (Å²) in [5, 5.41) is 0.611. The Hall–Kier alpha value is -1.04. The van der Waals surface area contributed by atoms with E-state index in [1.165, 1.54) is 13.9 Å². The Balaban J connectivity index is 2.60. The topological polar surface area (TPSA) is 48.9 Å². The van der Waals surface area contributed by atoms with Crippen LogP contribution in [0.5, 0.6) is 0 Å². The first-order chi connectivity index (χ1) is 6.75. The molecule has 76 valence electrons. The molecule has 0 N–H and O–H groups in total. The van der Waals surface area contributed by atoms with Crippen molar-refractivity contribution in [2.45, 2.75) is 19.6 Å². The molecule has 0 bridgehead atoms. The molecule has 0 amide bonds. The summed E-state index contributed by atoms with van der Waals surface area (Å²) >= 11 is 3.21. The van der Waals surface area contributed by atoms with Crippen LogP contribution in [0.3, 0.4) is 0 Å². The van der Waals surface area contributed by atoms with Crippen molar-refractivity contribution in [3.8, 4) is 0 Å². The van der Waals surface area contributed by atoms with Gasteiger partial charge >= 0.3 is 11.4 Å². The Morgan fingerprint density at radius 1 is 1.14 bits per heavy atom. The lowest BCUT2D eigenvalue weighted by Crippen LogP contribution is -2.29. The molecule has 1 aromatic heterocycles. The molecule has 0 saturated carbocycles. The number of hydrogen-bond donors (Lipinski definition) is 0. The summed E-state index contributed by atoms with van der Waals surface area (Å²) in [5.74, 6) is 0. The third kappa shape index (κ3) is 1.30. The Labute approximate surface area is 88.4 Å². The van der Waals surface area contributed by atoms with Gasteiger partial charge in [0, 0.05) is 11.9 Å². The number of rotatable bonds is 2. The molecule has 2 heterocycles. The summed E-state index contributed by atoms with van der Waals surface area (Å²) in [6.07, 6.45) is 3.78. The first kappa shape index (κ1) is 9.51. The maximum atomic E-state index is 11.7. The molecule has 0 aromatic carbocycles. The van der Waals surface area contributed by atoms with Gasteiger partial charge in [-0.15, -0.1) is 0 Å². The third-order valence-electron chi connectivity index (χ3n) is 2.23. The highest BCUT2D eigenvalue weighted by atomic mass is 79.9. The predicted molar refractivity (Wildman–Crippen MR) is 55.9 cm³/mol. The van der Waals surface area contributed by atoms with Crippen LogP contribution in [0.25, 0.3) is 0 Å². The highest BCUT2D eigenvalue weighted by molar-refractivity contribution is 9.09. The van der Waals surface area contributed by atoms with Crippen LogP contribution in [-0.2, 0) is 19.6 Å². The normalized spacial score (nSPS) is 14.4. The van der Waals surface area contributed by atoms with Crippen LogP contribution in [-0.4, -0.2) is 19.3 Å². The van der Waals surface area contributed by atoms with Gasteiger partial charge in [-0.2, -0.15) is 0 Å². The first-order valence-electron chi connectivity index (χ1n) is 4.37. The molecule has 0 saturated heterocycles. The maximum Gasteiger partial charge on any atom is 0.347 e. The van der Waals surface area contributed by atoms with E-state index in [2.05, 4.69) is 15.9 Å². The van der Waals surface area contributed by atoms with Gasteiger partial charge in [0.25, 0.3) is 0 Å². The Morgan fingerprint density at radius 2 is 1.64 bits per heavy atom.